The van der Waals surface area contributed by atoms with Crippen LogP contribution in [0.5, 0.6) is 0 Å². The van der Waals surface area contributed by atoms with Gasteiger partial charge in [-0.05, 0) is 99.7 Å². The molecule has 224 valence electrons. The molecule has 0 amide bonds. The fourth-order valence-electron chi connectivity index (χ4n) is 4.52. The van der Waals surface area contributed by atoms with Gasteiger partial charge >= 0.3 is 0 Å². The van der Waals surface area contributed by atoms with Crippen molar-refractivity contribution in [1.29, 1.82) is 0 Å². The normalized spacial score (nSPS) is 12.6. The van der Waals surface area contributed by atoms with Crippen molar-refractivity contribution in [3.8, 4) is 0 Å². The highest BCUT2D eigenvalue weighted by atomic mass is 19.1. The van der Waals surface area contributed by atoms with Crippen LogP contribution >= 0.6 is 0 Å². The molecule has 0 aliphatic rings. The van der Waals surface area contributed by atoms with Gasteiger partial charge in [0.15, 0.2) is 0 Å². The summed E-state index contributed by atoms with van der Waals surface area (Å²) in [5.74, 6) is -0.438. The summed E-state index contributed by atoms with van der Waals surface area (Å²) in [4.78, 5) is 4.17. The highest BCUT2D eigenvalue weighted by Crippen LogP contribution is 2.30. The topological polar surface area (TPSA) is 24.9 Å². The van der Waals surface area contributed by atoms with E-state index in [9.17, 15) is 8.78 Å². The van der Waals surface area contributed by atoms with Gasteiger partial charge < -0.3 is 19.3 Å². The molecule has 4 aromatic rings. The number of halogens is 2. The van der Waals surface area contributed by atoms with Gasteiger partial charge in [0, 0.05) is 13.1 Å². The van der Waals surface area contributed by atoms with Gasteiger partial charge in [-0.1, -0.05) is 72.8 Å². The first-order valence-electron chi connectivity index (χ1n) is 14.3. The largest absolute Gasteiger partial charge is 0.367 e. The maximum Gasteiger partial charge on any atom is 0.123 e. The second kappa shape index (κ2) is 16.9. The molecular formula is C36H44F2N2O2. The molecule has 0 spiro atoms. The molecule has 4 rings (SSSR count). The molecular weight excluding hydrogens is 530 g/mol. The number of nitrogens with zero attached hydrogens (tertiary/aromatic N) is 2. The first-order valence-corrected chi connectivity index (χ1v) is 14.3. The number of hydrogen-bond acceptors (Lipinski definition) is 4. The molecule has 0 saturated carbocycles. The maximum absolute atomic E-state index is 13.3. The third-order valence-electron chi connectivity index (χ3n) is 6.91. The van der Waals surface area contributed by atoms with E-state index in [0.29, 0.717) is 13.2 Å². The van der Waals surface area contributed by atoms with E-state index in [0.717, 1.165) is 40.9 Å². The van der Waals surface area contributed by atoms with Crippen molar-refractivity contribution < 1.29 is 18.3 Å². The van der Waals surface area contributed by atoms with Gasteiger partial charge in [-0.2, -0.15) is 0 Å². The zero-order chi connectivity index (χ0) is 30.5. The summed E-state index contributed by atoms with van der Waals surface area (Å²) in [5.41, 5.74) is 6.30. The summed E-state index contributed by atoms with van der Waals surface area (Å²) in [7, 11) is 8.07. The zero-order valence-electron chi connectivity index (χ0n) is 25.7. The summed E-state index contributed by atoms with van der Waals surface area (Å²) in [6.07, 6.45) is -0.321. The van der Waals surface area contributed by atoms with Crippen LogP contribution in [-0.2, 0) is 9.47 Å². The maximum atomic E-state index is 13.3. The fraction of sp³-hybridized carbons (Fsp3) is 0.333. The Kier molecular flexibility index (Phi) is 13.3. The van der Waals surface area contributed by atoms with Crippen LogP contribution in [-0.4, -0.2) is 64.3 Å². The molecule has 6 heteroatoms. The minimum Gasteiger partial charge on any atom is -0.367 e. The predicted octanol–water partition coefficient (Wildman–Crippen LogP) is 7.60. The van der Waals surface area contributed by atoms with E-state index >= 15 is 0 Å². The van der Waals surface area contributed by atoms with Crippen LogP contribution in [0.15, 0.2) is 97.1 Å². The van der Waals surface area contributed by atoms with Crippen LogP contribution in [0.4, 0.5) is 8.78 Å². The zero-order valence-corrected chi connectivity index (χ0v) is 25.7. The standard InChI is InChI=1S/2C18H22FNO/c1-14-6-4-5-7-17(14)18(21-13-12-20(2)3)15-8-10-16(19)11-9-15;1-14-13-16(19)9-10-17(14)18(21-12-11-20(2)3)15-7-5-4-6-8-15/h4-11,18H,12-13H2,1-3H3;4-10,13,18H,11-12H2,1-3H3. The monoisotopic (exact) mass is 574 g/mol. The Morgan fingerprint density at radius 1 is 0.548 bits per heavy atom. The average Bonchev–Trinajstić information content (AvgIpc) is 2.96. The van der Waals surface area contributed by atoms with Crippen LogP contribution in [0.25, 0.3) is 0 Å². The number of ether oxygens (including phenoxy) is 2. The van der Waals surface area contributed by atoms with Crippen LogP contribution in [0.3, 0.4) is 0 Å². The fourth-order valence-corrected chi connectivity index (χ4v) is 4.52. The Morgan fingerprint density at radius 2 is 1.02 bits per heavy atom. The van der Waals surface area contributed by atoms with E-state index in [1.807, 2.05) is 83.6 Å². The van der Waals surface area contributed by atoms with Crippen molar-refractivity contribution in [3.05, 3.63) is 142 Å². The molecule has 0 N–H and O–H groups in total. The summed E-state index contributed by atoms with van der Waals surface area (Å²) >= 11 is 0. The van der Waals surface area contributed by atoms with Crippen LogP contribution < -0.4 is 0 Å². The first-order chi connectivity index (χ1) is 20.2. The highest BCUT2D eigenvalue weighted by Gasteiger charge is 2.18. The number of hydrogen-bond donors (Lipinski definition) is 0. The summed E-state index contributed by atoms with van der Waals surface area (Å²) in [5, 5.41) is 0. The van der Waals surface area contributed by atoms with Crippen LogP contribution in [0.1, 0.15) is 45.6 Å². The lowest BCUT2D eigenvalue weighted by molar-refractivity contribution is 0.0682. The molecule has 42 heavy (non-hydrogen) atoms. The Morgan fingerprint density at radius 3 is 1.55 bits per heavy atom. The molecule has 0 aromatic heterocycles. The van der Waals surface area contributed by atoms with Gasteiger partial charge in [0.1, 0.15) is 23.8 Å². The van der Waals surface area contributed by atoms with Gasteiger partial charge in [0.25, 0.3) is 0 Å². The highest BCUT2D eigenvalue weighted by molar-refractivity contribution is 5.37. The van der Waals surface area contributed by atoms with Gasteiger partial charge in [0.2, 0.25) is 0 Å². The van der Waals surface area contributed by atoms with Gasteiger partial charge in [-0.15, -0.1) is 0 Å². The molecule has 4 aromatic carbocycles. The Hall–Kier alpha value is -3.42. The third-order valence-corrected chi connectivity index (χ3v) is 6.91. The Balaban J connectivity index is 0.000000230. The second-order valence-electron chi connectivity index (χ2n) is 10.9. The predicted molar refractivity (Wildman–Crippen MR) is 168 cm³/mol. The van der Waals surface area contributed by atoms with E-state index < -0.39 is 0 Å². The third kappa shape index (κ3) is 10.4. The number of benzene rings is 4. The van der Waals surface area contributed by atoms with E-state index in [4.69, 9.17) is 9.47 Å². The van der Waals surface area contributed by atoms with Crippen molar-refractivity contribution in [3.63, 3.8) is 0 Å². The van der Waals surface area contributed by atoms with Crippen LogP contribution in [0, 0.1) is 25.5 Å². The van der Waals surface area contributed by atoms with E-state index in [1.165, 1.54) is 23.8 Å². The number of aryl methyl sites for hydroxylation is 2. The van der Waals surface area contributed by atoms with E-state index in [-0.39, 0.29) is 23.8 Å². The number of likely N-dealkylation sites (N-methyl/N-ethyl adjacent to an activating group) is 2. The van der Waals surface area contributed by atoms with Gasteiger partial charge in [0.05, 0.1) is 13.2 Å². The first kappa shape index (κ1) is 33.1. The molecule has 2 atom stereocenters. The van der Waals surface area contributed by atoms with Crippen molar-refractivity contribution in [1.82, 2.24) is 9.80 Å². The average molecular weight is 575 g/mol. The Bertz CT molecular complexity index is 1330. The van der Waals surface area contributed by atoms with E-state index in [2.05, 4.69) is 28.9 Å². The lowest BCUT2D eigenvalue weighted by Crippen LogP contribution is -2.20. The molecule has 0 aliphatic carbocycles. The smallest absolute Gasteiger partial charge is 0.123 e. The molecule has 0 radical (unpaired) electrons. The minimum atomic E-state index is -0.226. The molecule has 0 heterocycles. The quantitative estimate of drug-likeness (QED) is 0.174. The molecule has 4 nitrogen and oxygen atoms in total. The van der Waals surface area contributed by atoms with Crippen LogP contribution in [0.2, 0.25) is 0 Å². The molecule has 0 fully saturated rings. The lowest BCUT2D eigenvalue weighted by atomic mass is 9.97. The van der Waals surface area contributed by atoms with Crippen molar-refractivity contribution in [2.24, 2.45) is 0 Å². The molecule has 2 unspecified atom stereocenters. The summed E-state index contributed by atoms with van der Waals surface area (Å²) in [6, 6.07) is 29.6. The molecule has 0 bridgehead atoms. The molecule has 0 saturated heterocycles. The van der Waals surface area contributed by atoms with Crippen molar-refractivity contribution >= 4 is 0 Å². The number of rotatable bonds is 12. The second-order valence-corrected chi connectivity index (χ2v) is 10.9. The SMILES string of the molecule is Cc1cc(F)ccc1C(OCCN(C)C)c1ccccc1.Cc1ccccc1C(OCCN(C)C)c1ccc(F)cc1. The lowest BCUT2D eigenvalue weighted by Gasteiger charge is -2.22. The van der Waals surface area contributed by atoms with Gasteiger partial charge in [-0.25, -0.2) is 8.78 Å². The van der Waals surface area contributed by atoms with E-state index in [1.54, 1.807) is 18.2 Å². The van der Waals surface area contributed by atoms with Crippen molar-refractivity contribution in [2.75, 3.05) is 54.5 Å². The summed E-state index contributed by atoms with van der Waals surface area (Å²) in [6.45, 7) is 6.95. The minimum absolute atomic E-state index is 0.160. The van der Waals surface area contributed by atoms with Gasteiger partial charge in [-0.3, -0.25) is 0 Å². The molecule has 0 aliphatic heterocycles. The summed E-state index contributed by atoms with van der Waals surface area (Å²) < 4.78 is 38.6. The Labute approximate surface area is 250 Å². The van der Waals surface area contributed by atoms with Crippen molar-refractivity contribution in [2.45, 2.75) is 26.1 Å².